The highest BCUT2D eigenvalue weighted by atomic mass is 79.9. The second kappa shape index (κ2) is 12.7. The highest BCUT2D eigenvalue weighted by Crippen LogP contribution is 2.32. The average molecular weight is 669 g/mol. The van der Waals surface area contributed by atoms with Gasteiger partial charge in [-0.15, -0.1) is 0 Å². The van der Waals surface area contributed by atoms with E-state index in [-0.39, 0.29) is 17.8 Å². The van der Waals surface area contributed by atoms with Crippen molar-refractivity contribution in [3.63, 3.8) is 0 Å². The number of anilines is 1. The number of hydrogen-bond donors (Lipinski definition) is 1. The van der Waals surface area contributed by atoms with Crippen LogP contribution in [0.4, 0.5) is 10.5 Å². The first-order chi connectivity index (χ1) is 22.0. The van der Waals surface area contributed by atoms with Gasteiger partial charge in [0, 0.05) is 72.7 Å². The summed E-state index contributed by atoms with van der Waals surface area (Å²) in [4.78, 5) is 30.6. The quantitative estimate of drug-likeness (QED) is 0.221. The number of benzene rings is 3. The van der Waals surface area contributed by atoms with E-state index in [0.29, 0.717) is 13.1 Å². The Balaban J connectivity index is 1.02. The zero-order chi connectivity index (χ0) is 30.9. The number of carbonyl (C=O) groups is 1. The van der Waals surface area contributed by atoms with E-state index in [4.69, 9.17) is 5.10 Å². The minimum Gasteiger partial charge on any atom is -0.320 e. The molecule has 2 aromatic heterocycles. The number of halogens is 1. The van der Waals surface area contributed by atoms with Gasteiger partial charge in [-0.25, -0.2) is 9.59 Å². The van der Waals surface area contributed by atoms with E-state index >= 15 is 0 Å². The van der Waals surface area contributed by atoms with Crippen LogP contribution in [0.2, 0.25) is 0 Å². The Bertz CT molecular complexity index is 1870. The lowest BCUT2D eigenvalue weighted by molar-refractivity contribution is 0.181. The smallest absolute Gasteiger partial charge is 0.320 e. The second-order valence-electron chi connectivity index (χ2n) is 12.1. The first-order valence-corrected chi connectivity index (χ1v) is 16.6. The molecule has 1 fully saturated rings. The summed E-state index contributed by atoms with van der Waals surface area (Å²) in [6, 6.07) is 26.1. The van der Waals surface area contributed by atoms with Gasteiger partial charge in [-0.05, 0) is 62.2 Å². The third-order valence-corrected chi connectivity index (χ3v) is 9.85. The Morgan fingerprint density at radius 3 is 2.38 bits per heavy atom. The van der Waals surface area contributed by atoms with Crippen molar-refractivity contribution in [2.24, 2.45) is 7.05 Å². The average Bonchev–Trinajstić information content (AvgIpc) is 3.56. The van der Waals surface area contributed by atoms with E-state index in [2.05, 4.69) is 49.0 Å². The third-order valence-electron chi connectivity index (χ3n) is 9.33. The van der Waals surface area contributed by atoms with Crippen molar-refractivity contribution < 1.29 is 4.79 Å². The molecule has 0 spiro atoms. The lowest BCUT2D eigenvalue weighted by Gasteiger charge is -2.32. The molecule has 2 aliphatic heterocycles. The third kappa shape index (κ3) is 5.96. The maximum Gasteiger partial charge on any atom is 0.329 e. The number of piperidine rings is 1. The van der Waals surface area contributed by atoms with Crippen molar-refractivity contribution in [2.75, 3.05) is 31.5 Å². The van der Waals surface area contributed by atoms with Crippen molar-refractivity contribution in [3.8, 4) is 11.3 Å². The number of fused-ring (bicyclic) bond motifs is 2. The fourth-order valence-electron chi connectivity index (χ4n) is 6.93. The van der Waals surface area contributed by atoms with Crippen LogP contribution >= 0.6 is 15.9 Å². The van der Waals surface area contributed by atoms with Gasteiger partial charge in [0.2, 0.25) is 0 Å². The Hall–Kier alpha value is -4.15. The largest absolute Gasteiger partial charge is 0.329 e. The number of nitrogens with one attached hydrogen (secondary N) is 1. The Kier molecular flexibility index (Phi) is 8.33. The van der Waals surface area contributed by atoms with Crippen LogP contribution in [0.3, 0.4) is 0 Å². The van der Waals surface area contributed by atoms with Gasteiger partial charge in [-0.2, -0.15) is 5.10 Å². The van der Waals surface area contributed by atoms with Crippen LogP contribution in [0.5, 0.6) is 0 Å². The molecule has 10 heteroatoms. The van der Waals surface area contributed by atoms with Gasteiger partial charge >= 0.3 is 11.7 Å². The van der Waals surface area contributed by atoms with Crippen molar-refractivity contribution in [1.82, 2.24) is 28.7 Å². The number of para-hydroxylation sites is 3. The summed E-state index contributed by atoms with van der Waals surface area (Å²) >= 11 is 3.55. The summed E-state index contributed by atoms with van der Waals surface area (Å²) in [5, 5.41) is 8.17. The number of amides is 2. The Morgan fingerprint density at radius 2 is 1.62 bits per heavy atom. The number of imidazole rings is 1. The minimum absolute atomic E-state index is 0.0794. The molecule has 2 amide bonds. The summed E-state index contributed by atoms with van der Waals surface area (Å²) in [6.45, 7) is 4.96. The number of nitrogens with zero attached hydrogens (tertiary/aromatic N) is 6. The van der Waals surface area contributed by atoms with Crippen LogP contribution in [0.1, 0.15) is 36.6 Å². The molecule has 5 aromatic rings. The minimum atomic E-state index is -0.0875. The molecule has 0 unspecified atom stereocenters. The van der Waals surface area contributed by atoms with E-state index in [1.165, 1.54) is 5.69 Å². The van der Waals surface area contributed by atoms with Crippen LogP contribution < -0.4 is 11.0 Å². The van der Waals surface area contributed by atoms with E-state index in [1.807, 2.05) is 77.2 Å². The van der Waals surface area contributed by atoms with Gasteiger partial charge in [-0.1, -0.05) is 58.4 Å². The van der Waals surface area contributed by atoms with Crippen molar-refractivity contribution in [2.45, 2.75) is 44.8 Å². The van der Waals surface area contributed by atoms with Gasteiger partial charge in [0.05, 0.1) is 23.3 Å². The lowest BCUT2D eigenvalue weighted by Crippen LogP contribution is -2.39. The fraction of sp³-hybridized carbons (Fsp3) is 0.343. The van der Waals surface area contributed by atoms with Gasteiger partial charge in [0.25, 0.3) is 0 Å². The van der Waals surface area contributed by atoms with E-state index < -0.39 is 0 Å². The first kappa shape index (κ1) is 29.6. The molecule has 0 bridgehead atoms. The molecule has 0 aliphatic carbocycles. The molecule has 1 saturated heterocycles. The molecule has 7 rings (SSSR count). The fourth-order valence-corrected chi connectivity index (χ4v) is 7.19. The van der Waals surface area contributed by atoms with Gasteiger partial charge in [0.1, 0.15) is 0 Å². The number of aromatic nitrogens is 4. The number of carbonyl (C=O) groups excluding carboxylic acids is 1. The molecular weight excluding hydrogens is 630 g/mol. The molecule has 232 valence electrons. The van der Waals surface area contributed by atoms with E-state index in [1.54, 1.807) is 4.57 Å². The van der Waals surface area contributed by atoms with Gasteiger partial charge in [-0.3, -0.25) is 13.8 Å². The number of likely N-dealkylation sites (tertiary alicyclic amines) is 1. The molecular formula is C35H38BrN7O2. The van der Waals surface area contributed by atoms with Crippen LogP contribution in [0, 0.1) is 0 Å². The zero-order valence-corrected chi connectivity index (χ0v) is 27.1. The summed E-state index contributed by atoms with van der Waals surface area (Å²) in [7, 11) is 1.86. The van der Waals surface area contributed by atoms with Crippen LogP contribution in [0.25, 0.3) is 22.3 Å². The highest BCUT2D eigenvalue weighted by molar-refractivity contribution is 9.10. The summed E-state index contributed by atoms with van der Waals surface area (Å²) in [5.41, 5.74) is 7.28. The second-order valence-corrected chi connectivity index (χ2v) is 13.0. The molecule has 1 N–H and O–H groups in total. The summed E-state index contributed by atoms with van der Waals surface area (Å²) in [6.07, 6.45) is 3.70. The predicted octanol–water partition coefficient (Wildman–Crippen LogP) is 6.28. The number of urea groups is 1. The maximum atomic E-state index is 13.2. The molecule has 0 saturated carbocycles. The first-order valence-electron chi connectivity index (χ1n) is 15.8. The molecule has 2 aliphatic rings. The zero-order valence-electron chi connectivity index (χ0n) is 25.5. The maximum absolute atomic E-state index is 13.2. The van der Waals surface area contributed by atoms with Crippen LogP contribution in [-0.4, -0.2) is 60.9 Å². The Morgan fingerprint density at radius 1 is 0.911 bits per heavy atom. The van der Waals surface area contributed by atoms with Crippen molar-refractivity contribution >= 4 is 38.7 Å². The lowest BCUT2D eigenvalue weighted by atomic mass is 10.0. The molecule has 45 heavy (non-hydrogen) atoms. The van der Waals surface area contributed by atoms with Gasteiger partial charge < -0.3 is 15.1 Å². The number of aryl methyl sites for hydroxylation is 2. The monoisotopic (exact) mass is 667 g/mol. The molecule has 0 radical (unpaired) electrons. The predicted molar refractivity (Wildman–Crippen MR) is 181 cm³/mol. The topological polar surface area (TPSA) is 80.3 Å². The molecule has 4 heterocycles. The van der Waals surface area contributed by atoms with E-state index in [9.17, 15) is 9.59 Å². The summed E-state index contributed by atoms with van der Waals surface area (Å²) in [5.74, 6) is 0. The molecule has 0 atom stereocenters. The number of hydrogen-bond acceptors (Lipinski definition) is 4. The Labute approximate surface area is 271 Å². The van der Waals surface area contributed by atoms with Crippen molar-refractivity contribution in [3.05, 3.63) is 105 Å². The van der Waals surface area contributed by atoms with Crippen LogP contribution in [0.15, 0.2) is 88.1 Å². The van der Waals surface area contributed by atoms with E-state index in [0.717, 1.165) is 89.9 Å². The van der Waals surface area contributed by atoms with Crippen molar-refractivity contribution in [1.29, 1.82) is 0 Å². The standard InChI is InChI=1S/C35H38BrN7O2/c1-39-31-10-5-6-11-32(31)43(35(39)45)28-16-21-40(22-17-28)19-7-20-42-30-18-23-41(34(44)37-27-8-3-2-4-9-27)24-29(30)33(38-42)25-12-14-26(36)15-13-25/h2-6,8-15,28H,7,16-24H2,1H3,(H,37,44). The van der Waals surface area contributed by atoms with Gasteiger partial charge in [0.15, 0.2) is 0 Å². The van der Waals surface area contributed by atoms with Crippen LogP contribution in [-0.2, 0) is 26.6 Å². The molecule has 3 aromatic carbocycles. The summed E-state index contributed by atoms with van der Waals surface area (Å²) < 4.78 is 6.99. The normalized spacial score (nSPS) is 15.8. The SMILES string of the molecule is Cn1c(=O)n(C2CCN(CCCn3nc(-c4ccc(Br)cc4)c4c3CCN(C(=O)Nc3ccccc3)C4)CC2)c2ccccc21. The number of rotatable bonds is 7. The highest BCUT2D eigenvalue weighted by Gasteiger charge is 2.29. The molecule has 9 nitrogen and oxygen atoms in total.